The fourth-order valence-electron chi connectivity index (χ4n) is 1.84. The number of amides is 1. The molecule has 0 bridgehead atoms. The van der Waals surface area contributed by atoms with E-state index >= 15 is 0 Å². The summed E-state index contributed by atoms with van der Waals surface area (Å²) in [5.74, 6) is 0.872. The molecule has 0 aliphatic carbocycles. The number of carbonyl (C=O) groups is 1. The second-order valence-electron chi connectivity index (χ2n) is 4.86. The summed E-state index contributed by atoms with van der Waals surface area (Å²) in [5, 5.41) is 7.43. The van der Waals surface area contributed by atoms with Gasteiger partial charge in [0, 0.05) is 17.0 Å². The molecule has 21 heavy (non-hydrogen) atoms. The lowest BCUT2D eigenvalue weighted by atomic mass is 10.2. The lowest BCUT2D eigenvalue weighted by Gasteiger charge is -2.08. The first-order chi connectivity index (χ1) is 10.1. The predicted molar refractivity (Wildman–Crippen MR) is 80.8 cm³/mol. The molecule has 1 unspecified atom stereocenters. The number of hydrogen-bond donors (Lipinski definition) is 1. The first kappa shape index (κ1) is 15.5. The van der Waals surface area contributed by atoms with Crippen molar-refractivity contribution in [2.75, 3.05) is 0 Å². The number of nitrogens with zero attached hydrogens (tertiary/aromatic N) is 2. The highest BCUT2D eigenvalue weighted by molar-refractivity contribution is 6.30. The van der Waals surface area contributed by atoms with Gasteiger partial charge in [-0.2, -0.15) is 4.98 Å². The Bertz CT molecular complexity index is 595. The lowest BCUT2D eigenvalue weighted by Crippen LogP contribution is -2.26. The predicted octanol–water partition coefficient (Wildman–Crippen LogP) is 3.76. The molecule has 5 nitrogen and oxygen atoms in total. The Morgan fingerprint density at radius 2 is 2.10 bits per heavy atom. The molecule has 1 aromatic carbocycles. The standard InChI is InChI=1S/C15H18ClN3O2/c1-3-4-5-13(20)17-10(2)15-18-14(19-21-15)11-6-8-12(16)9-7-11/h6-10H,3-5H2,1-2H3,(H,17,20). The molecule has 0 aliphatic heterocycles. The van der Waals surface area contributed by atoms with Crippen molar-refractivity contribution in [3.63, 3.8) is 0 Å². The van der Waals surface area contributed by atoms with E-state index in [0.29, 0.717) is 23.2 Å². The zero-order valence-corrected chi connectivity index (χ0v) is 12.9. The first-order valence-electron chi connectivity index (χ1n) is 6.99. The van der Waals surface area contributed by atoms with Crippen molar-refractivity contribution in [1.29, 1.82) is 0 Å². The molecule has 1 atom stereocenters. The fraction of sp³-hybridized carbons (Fsp3) is 0.400. The Hall–Kier alpha value is -1.88. The highest BCUT2D eigenvalue weighted by atomic mass is 35.5. The van der Waals surface area contributed by atoms with Gasteiger partial charge in [-0.1, -0.05) is 30.1 Å². The molecule has 0 fully saturated rings. The summed E-state index contributed by atoms with van der Waals surface area (Å²) >= 11 is 5.84. The van der Waals surface area contributed by atoms with Gasteiger partial charge < -0.3 is 9.84 Å². The number of benzene rings is 1. The summed E-state index contributed by atoms with van der Waals surface area (Å²) < 4.78 is 5.21. The molecular weight excluding hydrogens is 290 g/mol. The average molecular weight is 308 g/mol. The second-order valence-corrected chi connectivity index (χ2v) is 5.29. The van der Waals surface area contributed by atoms with Crippen LogP contribution in [0.25, 0.3) is 11.4 Å². The first-order valence-corrected chi connectivity index (χ1v) is 7.37. The Morgan fingerprint density at radius 3 is 2.76 bits per heavy atom. The number of nitrogens with one attached hydrogen (secondary N) is 1. The minimum Gasteiger partial charge on any atom is -0.345 e. The van der Waals surface area contributed by atoms with E-state index in [0.717, 1.165) is 18.4 Å². The number of unbranched alkanes of at least 4 members (excludes halogenated alkanes) is 1. The maximum absolute atomic E-state index is 11.7. The monoisotopic (exact) mass is 307 g/mol. The minimum absolute atomic E-state index is 0.00408. The Labute approximate surface area is 128 Å². The normalized spacial score (nSPS) is 12.1. The van der Waals surface area contributed by atoms with Crippen LogP contribution in [-0.4, -0.2) is 16.0 Å². The molecule has 112 valence electrons. The third-order valence-electron chi connectivity index (χ3n) is 3.05. The molecule has 0 saturated heterocycles. The molecule has 2 rings (SSSR count). The van der Waals surface area contributed by atoms with Gasteiger partial charge in [0.2, 0.25) is 17.6 Å². The van der Waals surface area contributed by atoms with Gasteiger partial charge in [-0.15, -0.1) is 0 Å². The Balaban J connectivity index is 2.02. The fourth-order valence-corrected chi connectivity index (χ4v) is 1.97. The summed E-state index contributed by atoms with van der Waals surface area (Å²) in [6, 6.07) is 6.87. The van der Waals surface area contributed by atoms with Crippen LogP contribution in [0.15, 0.2) is 28.8 Å². The molecule has 1 heterocycles. The Morgan fingerprint density at radius 1 is 1.38 bits per heavy atom. The highest BCUT2D eigenvalue weighted by Crippen LogP contribution is 2.20. The van der Waals surface area contributed by atoms with Gasteiger partial charge in [-0.25, -0.2) is 0 Å². The quantitative estimate of drug-likeness (QED) is 0.882. The second kappa shape index (κ2) is 7.22. The summed E-state index contributed by atoms with van der Waals surface area (Å²) in [7, 11) is 0. The van der Waals surface area contributed by atoms with Crippen molar-refractivity contribution in [3.05, 3.63) is 35.2 Å². The molecule has 0 aliphatic rings. The van der Waals surface area contributed by atoms with E-state index in [2.05, 4.69) is 15.5 Å². The van der Waals surface area contributed by atoms with Crippen LogP contribution in [0.4, 0.5) is 0 Å². The number of rotatable bonds is 6. The van der Waals surface area contributed by atoms with E-state index < -0.39 is 0 Å². The van der Waals surface area contributed by atoms with E-state index in [1.165, 1.54) is 0 Å². The topological polar surface area (TPSA) is 68.0 Å². The molecule has 1 amide bonds. The summed E-state index contributed by atoms with van der Waals surface area (Å²) in [6.07, 6.45) is 2.38. The van der Waals surface area contributed by atoms with E-state index in [-0.39, 0.29) is 11.9 Å². The maximum atomic E-state index is 11.7. The smallest absolute Gasteiger partial charge is 0.249 e. The number of halogens is 1. The molecule has 0 radical (unpaired) electrons. The van der Waals surface area contributed by atoms with Crippen molar-refractivity contribution in [2.24, 2.45) is 0 Å². The third kappa shape index (κ3) is 4.29. The van der Waals surface area contributed by atoms with Crippen molar-refractivity contribution >= 4 is 17.5 Å². The van der Waals surface area contributed by atoms with Crippen LogP contribution in [0.5, 0.6) is 0 Å². The van der Waals surface area contributed by atoms with Crippen LogP contribution in [-0.2, 0) is 4.79 Å². The number of carbonyl (C=O) groups excluding carboxylic acids is 1. The zero-order valence-electron chi connectivity index (χ0n) is 12.1. The SMILES string of the molecule is CCCCC(=O)NC(C)c1nc(-c2ccc(Cl)cc2)no1. The van der Waals surface area contributed by atoms with Gasteiger partial charge in [0.25, 0.3) is 0 Å². The molecule has 2 aromatic rings. The average Bonchev–Trinajstić information content (AvgIpc) is 2.96. The molecule has 1 N–H and O–H groups in total. The van der Waals surface area contributed by atoms with E-state index in [1.54, 1.807) is 12.1 Å². The van der Waals surface area contributed by atoms with E-state index in [9.17, 15) is 4.79 Å². The van der Waals surface area contributed by atoms with E-state index in [4.69, 9.17) is 16.1 Å². The van der Waals surface area contributed by atoms with Crippen LogP contribution >= 0.6 is 11.6 Å². The van der Waals surface area contributed by atoms with Gasteiger partial charge in [-0.05, 0) is 37.6 Å². The lowest BCUT2D eigenvalue weighted by molar-refractivity contribution is -0.122. The molecular formula is C15H18ClN3O2. The van der Waals surface area contributed by atoms with Crippen LogP contribution in [0.2, 0.25) is 5.02 Å². The Kier molecular flexibility index (Phi) is 5.33. The van der Waals surface area contributed by atoms with E-state index in [1.807, 2.05) is 26.0 Å². The molecule has 0 saturated carbocycles. The number of hydrogen-bond acceptors (Lipinski definition) is 4. The molecule has 1 aromatic heterocycles. The van der Waals surface area contributed by atoms with Gasteiger partial charge >= 0.3 is 0 Å². The number of aromatic nitrogens is 2. The van der Waals surface area contributed by atoms with Crippen molar-refractivity contribution < 1.29 is 9.32 Å². The summed E-state index contributed by atoms with van der Waals surface area (Å²) in [5.41, 5.74) is 0.818. The maximum Gasteiger partial charge on any atom is 0.249 e. The minimum atomic E-state index is -0.303. The van der Waals surface area contributed by atoms with Crippen molar-refractivity contribution in [3.8, 4) is 11.4 Å². The zero-order chi connectivity index (χ0) is 15.2. The van der Waals surface area contributed by atoms with Crippen LogP contribution in [0.1, 0.15) is 45.0 Å². The third-order valence-corrected chi connectivity index (χ3v) is 3.30. The van der Waals surface area contributed by atoms with Gasteiger partial charge in [0.05, 0.1) is 0 Å². The summed E-state index contributed by atoms with van der Waals surface area (Å²) in [6.45, 7) is 3.87. The largest absolute Gasteiger partial charge is 0.345 e. The van der Waals surface area contributed by atoms with Crippen molar-refractivity contribution in [2.45, 2.75) is 39.2 Å². The van der Waals surface area contributed by atoms with Crippen molar-refractivity contribution in [1.82, 2.24) is 15.5 Å². The van der Waals surface area contributed by atoms with Crippen LogP contribution < -0.4 is 5.32 Å². The summed E-state index contributed by atoms with van der Waals surface area (Å²) in [4.78, 5) is 16.0. The van der Waals surface area contributed by atoms with Crippen LogP contribution in [0.3, 0.4) is 0 Å². The highest BCUT2D eigenvalue weighted by Gasteiger charge is 2.17. The van der Waals surface area contributed by atoms with Crippen LogP contribution in [0, 0.1) is 0 Å². The van der Waals surface area contributed by atoms with Gasteiger partial charge in [0.15, 0.2) is 0 Å². The van der Waals surface area contributed by atoms with Gasteiger partial charge in [0.1, 0.15) is 6.04 Å². The molecule has 6 heteroatoms. The molecule has 0 spiro atoms. The van der Waals surface area contributed by atoms with Gasteiger partial charge in [-0.3, -0.25) is 4.79 Å².